The molecule has 6 heteroatoms. The Balaban J connectivity index is 2.13. The van der Waals surface area contributed by atoms with Crippen LogP contribution < -0.4 is 5.73 Å². The average molecular weight is 316 g/mol. The highest BCUT2D eigenvalue weighted by atomic mass is 35.5. The van der Waals surface area contributed by atoms with Crippen molar-refractivity contribution in [3.05, 3.63) is 27.7 Å². The topological polar surface area (TPSA) is 49.6 Å². The Labute approximate surface area is 129 Å². The number of hydrogen-bond donors (Lipinski definition) is 1. The predicted octanol–water partition coefficient (Wildman–Crippen LogP) is 2.74. The number of carbonyl (C=O) groups is 1. The van der Waals surface area contributed by atoms with Crippen molar-refractivity contribution in [1.82, 2.24) is 9.80 Å². The number of rotatable bonds is 2. The van der Waals surface area contributed by atoms with E-state index in [1.165, 1.54) is 0 Å². The zero-order chi connectivity index (χ0) is 14.9. The lowest BCUT2D eigenvalue weighted by Crippen LogP contribution is -2.44. The van der Waals surface area contributed by atoms with E-state index in [4.69, 9.17) is 28.9 Å². The van der Waals surface area contributed by atoms with Crippen LogP contribution in [0.1, 0.15) is 23.2 Å². The summed E-state index contributed by atoms with van der Waals surface area (Å²) in [5.74, 6) is -0.0959. The number of benzene rings is 1. The maximum atomic E-state index is 12.5. The second kappa shape index (κ2) is 6.20. The number of hydrogen-bond acceptors (Lipinski definition) is 3. The van der Waals surface area contributed by atoms with Gasteiger partial charge in [0, 0.05) is 24.8 Å². The summed E-state index contributed by atoms with van der Waals surface area (Å²) >= 11 is 12.1. The van der Waals surface area contributed by atoms with Crippen molar-refractivity contribution < 1.29 is 4.79 Å². The van der Waals surface area contributed by atoms with E-state index < -0.39 is 0 Å². The molecule has 0 aliphatic carbocycles. The van der Waals surface area contributed by atoms with E-state index in [-0.39, 0.29) is 10.9 Å². The molecule has 1 amide bonds. The van der Waals surface area contributed by atoms with Gasteiger partial charge in [-0.2, -0.15) is 0 Å². The molecule has 0 bridgehead atoms. The Morgan fingerprint density at radius 1 is 1.30 bits per heavy atom. The van der Waals surface area contributed by atoms with Crippen molar-refractivity contribution in [2.45, 2.75) is 18.9 Å². The van der Waals surface area contributed by atoms with Crippen LogP contribution in [0.4, 0.5) is 5.69 Å². The first-order chi connectivity index (χ1) is 9.40. The molecule has 4 nitrogen and oxygen atoms in total. The van der Waals surface area contributed by atoms with Crippen LogP contribution in [0.15, 0.2) is 12.1 Å². The fourth-order valence-electron chi connectivity index (χ4n) is 2.52. The molecule has 0 unspecified atom stereocenters. The largest absolute Gasteiger partial charge is 0.399 e. The van der Waals surface area contributed by atoms with Crippen molar-refractivity contribution in [2.75, 3.05) is 32.9 Å². The van der Waals surface area contributed by atoms with Crippen LogP contribution in [0.2, 0.25) is 10.0 Å². The molecule has 1 aliphatic heterocycles. The molecule has 20 heavy (non-hydrogen) atoms. The fourth-order valence-corrected chi connectivity index (χ4v) is 2.94. The lowest BCUT2D eigenvalue weighted by molar-refractivity contribution is 0.0663. The number of nitrogens with zero attached hydrogens (tertiary/aromatic N) is 2. The maximum Gasteiger partial charge on any atom is 0.255 e. The summed E-state index contributed by atoms with van der Waals surface area (Å²) in [5, 5.41) is 0.596. The summed E-state index contributed by atoms with van der Waals surface area (Å²) < 4.78 is 0. The molecule has 0 spiro atoms. The third-order valence-corrected chi connectivity index (χ3v) is 4.56. The van der Waals surface area contributed by atoms with Gasteiger partial charge < -0.3 is 15.5 Å². The number of halogens is 2. The van der Waals surface area contributed by atoms with E-state index in [0.717, 1.165) is 25.9 Å². The molecule has 1 heterocycles. The number of likely N-dealkylation sites (tertiary alicyclic amines) is 1. The van der Waals surface area contributed by atoms with Gasteiger partial charge in [0.05, 0.1) is 15.6 Å². The van der Waals surface area contributed by atoms with Crippen LogP contribution in [0.5, 0.6) is 0 Å². The van der Waals surface area contributed by atoms with E-state index in [2.05, 4.69) is 19.0 Å². The fraction of sp³-hybridized carbons (Fsp3) is 0.500. The van der Waals surface area contributed by atoms with Gasteiger partial charge in [-0.05, 0) is 39.1 Å². The number of piperidine rings is 1. The number of nitrogen functional groups attached to an aromatic ring is 1. The average Bonchev–Trinajstić information content (AvgIpc) is 2.42. The molecule has 0 atom stereocenters. The van der Waals surface area contributed by atoms with Crippen molar-refractivity contribution in [3.8, 4) is 0 Å². The third-order valence-electron chi connectivity index (χ3n) is 3.76. The number of nitrogens with two attached hydrogens (primary N) is 1. The van der Waals surface area contributed by atoms with Gasteiger partial charge in [0.2, 0.25) is 0 Å². The number of amides is 1. The third kappa shape index (κ3) is 3.19. The molecule has 2 N–H and O–H groups in total. The highest BCUT2D eigenvalue weighted by Gasteiger charge is 2.26. The van der Waals surface area contributed by atoms with Crippen LogP contribution in [0.25, 0.3) is 0 Å². The Kier molecular flexibility index (Phi) is 4.78. The molecular weight excluding hydrogens is 297 g/mol. The van der Waals surface area contributed by atoms with Crippen molar-refractivity contribution in [3.63, 3.8) is 0 Å². The van der Waals surface area contributed by atoms with Crippen LogP contribution in [-0.4, -0.2) is 48.9 Å². The van der Waals surface area contributed by atoms with Gasteiger partial charge in [0.1, 0.15) is 0 Å². The van der Waals surface area contributed by atoms with Crippen LogP contribution in [0, 0.1) is 0 Å². The van der Waals surface area contributed by atoms with E-state index in [9.17, 15) is 4.79 Å². The molecule has 0 saturated carbocycles. The molecule has 1 fully saturated rings. The molecule has 1 saturated heterocycles. The van der Waals surface area contributed by atoms with Crippen molar-refractivity contribution >= 4 is 34.8 Å². The summed E-state index contributed by atoms with van der Waals surface area (Å²) in [6.45, 7) is 1.45. The van der Waals surface area contributed by atoms with Crippen molar-refractivity contribution in [1.29, 1.82) is 0 Å². The molecule has 1 aliphatic rings. The van der Waals surface area contributed by atoms with Crippen LogP contribution in [0.3, 0.4) is 0 Å². The van der Waals surface area contributed by atoms with E-state index in [1.807, 2.05) is 4.90 Å². The first kappa shape index (κ1) is 15.4. The van der Waals surface area contributed by atoms with E-state index in [0.29, 0.717) is 22.3 Å². The minimum absolute atomic E-state index is 0.0959. The molecule has 0 radical (unpaired) electrons. The van der Waals surface area contributed by atoms with Gasteiger partial charge in [-0.3, -0.25) is 4.79 Å². The summed E-state index contributed by atoms with van der Waals surface area (Å²) in [6.07, 6.45) is 1.93. The predicted molar refractivity (Wildman–Crippen MR) is 83.5 cm³/mol. The van der Waals surface area contributed by atoms with Gasteiger partial charge in [-0.25, -0.2) is 0 Å². The maximum absolute atomic E-state index is 12.5. The molecule has 1 aromatic carbocycles. The number of anilines is 1. The molecule has 1 aromatic rings. The highest BCUT2D eigenvalue weighted by Crippen LogP contribution is 2.30. The normalized spacial score (nSPS) is 16.8. The summed E-state index contributed by atoms with van der Waals surface area (Å²) in [5.41, 5.74) is 6.58. The monoisotopic (exact) mass is 315 g/mol. The molecular formula is C14H19Cl2N3O. The van der Waals surface area contributed by atoms with Gasteiger partial charge in [0.25, 0.3) is 5.91 Å². The Hall–Kier alpha value is -0.970. The Bertz CT molecular complexity index is 511. The SMILES string of the molecule is CN(C)C1CCN(C(=O)c2cc(N)cc(Cl)c2Cl)CC1. The Morgan fingerprint density at radius 3 is 2.45 bits per heavy atom. The molecule has 110 valence electrons. The highest BCUT2D eigenvalue weighted by molar-refractivity contribution is 6.44. The lowest BCUT2D eigenvalue weighted by Gasteiger charge is -2.35. The van der Waals surface area contributed by atoms with Crippen LogP contribution in [-0.2, 0) is 0 Å². The summed E-state index contributed by atoms with van der Waals surface area (Å²) in [4.78, 5) is 16.5. The minimum Gasteiger partial charge on any atom is -0.399 e. The van der Waals surface area contributed by atoms with Gasteiger partial charge in [0.15, 0.2) is 0 Å². The van der Waals surface area contributed by atoms with Gasteiger partial charge in [-0.15, -0.1) is 0 Å². The van der Waals surface area contributed by atoms with E-state index >= 15 is 0 Å². The van der Waals surface area contributed by atoms with Crippen LogP contribution >= 0.6 is 23.2 Å². The number of carbonyl (C=O) groups excluding carboxylic acids is 1. The molecule has 2 rings (SSSR count). The minimum atomic E-state index is -0.0959. The second-order valence-electron chi connectivity index (χ2n) is 5.35. The quantitative estimate of drug-likeness (QED) is 0.854. The first-order valence-electron chi connectivity index (χ1n) is 6.60. The molecule has 0 aromatic heterocycles. The van der Waals surface area contributed by atoms with Crippen molar-refractivity contribution in [2.24, 2.45) is 0 Å². The van der Waals surface area contributed by atoms with Gasteiger partial charge in [-0.1, -0.05) is 23.2 Å². The van der Waals surface area contributed by atoms with Gasteiger partial charge >= 0.3 is 0 Å². The zero-order valence-corrected chi connectivity index (χ0v) is 13.2. The first-order valence-corrected chi connectivity index (χ1v) is 7.36. The standard InChI is InChI=1S/C14H19Cl2N3O/c1-18(2)10-3-5-19(6-4-10)14(20)11-7-9(17)8-12(15)13(11)16/h7-8,10H,3-6,17H2,1-2H3. The lowest BCUT2D eigenvalue weighted by atomic mass is 10.0. The summed E-state index contributed by atoms with van der Waals surface area (Å²) in [7, 11) is 4.13. The Morgan fingerprint density at radius 2 is 1.90 bits per heavy atom. The summed E-state index contributed by atoms with van der Waals surface area (Å²) in [6, 6.07) is 3.67. The van der Waals surface area contributed by atoms with E-state index in [1.54, 1.807) is 12.1 Å². The smallest absolute Gasteiger partial charge is 0.255 e. The second-order valence-corrected chi connectivity index (χ2v) is 6.14. The zero-order valence-electron chi connectivity index (χ0n) is 11.7.